The second kappa shape index (κ2) is 7.39. The second-order valence-electron chi connectivity index (χ2n) is 5.25. The van der Waals surface area contributed by atoms with Crippen LogP contribution in [0.2, 0.25) is 0 Å². The summed E-state index contributed by atoms with van der Waals surface area (Å²) in [5.74, 6) is 0. The minimum Gasteiger partial charge on any atom is -0.393 e. The molecule has 2 N–H and O–H groups in total. The van der Waals surface area contributed by atoms with Crippen molar-refractivity contribution in [2.75, 3.05) is 26.7 Å². The molecule has 3 nitrogen and oxygen atoms in total. The van der Waals surface area contributed by atoms with Gasteiger partial charge in [0.25, 0.3) is 0 Å². The van der Waals surface area contributed by atoms with Gasteiger partial charge in [-0.15, -0.1) is 0 Å². The predicted octanol–water partition coefficient (Wildman–Crippen LogP) is 2.56. The van der Waals surface area contributed by atoms with E-state index in [0.29, 0.717) is 6.04 Å². The molecule has 0 bridgehead atoms. The van der Waals surface area contributed by atoms with E-state index >= 15 is 0 Å². The molecule has 2 rings (SSSR count). The summed E-state index contributed by atoms with van der Waals surface area (Å²) >= 11 is 3.47. The summed E-state index contributed by atoms with van der Waals surface area (Å²) in [6.07, 6.45) is 2.86. The molecule has 1 aromatic rings. The first-order valence-corrected chi connectivity index (χ1v) is 7.81. The topological polar surface area (TPSA) is 35.5 Å². The molecule has 19 heavy (non-hydrogen) atoms. The Hall–Kier alpha value is -0.420. The molecule has 1 atom stereocenters. The Morgan fingerprint density at radius 1 is 1.32 bits per heavy atom. The zero-order valence-electron chi connectivity index (χ0n) is 11.5. The first kappa shape index (κ1) is 15.0. The quantitative estimate of drug-likeness (QED) is 0.872. The maximum atomic E-state index is 9.51. The molecule has 0 aromatic heterocycles. The van der Waals surface area contributed by atoms with Crippen molar-refractivity contribution < 1.29 is 5.11 Å². The molecule has 0 radical (unpaired) electrons. The maximum Gasteiger partial charge on any atom is 0.0564 e. The van der Waals surface area contributed by atoms with Crippen LogP contribution in [-0.4, -0.2) is 42.8 Å². The summed E-state index contributed by atoms with van der Waals surface area (Å²) in [5, 5.41) is 12.9. The molecule has 1 heterocycles. The lowest BCUT2D eigenvalue weighted by Gasteiger charge is -2.30. The van der Waals surface area contributed by atoms with Gasteiger partial charge in [0, 0.05) is 23.6 Å². The van der Waals surface area contributed by atoms with E-state index in [1.807, 2.05) is 7.05 Å². The lowest BCUT2D eigenvalue weighted by molar-refractivity contribution is 0.0807. The van der Waals surface area contributed by atoms with Crippen molar-refractivity contribution in [3.05, 3.63) is 34.3 Å². The van der Waals surface area contributed by atoms with Gasteiger partial charge in [0.05, 0.1) is 6.10 Å². The van der Waals surface area contributed by atoms with E-state index in [4.69, 9.17) is 0 Å². The first-order valence-electron chi connectivity index (χ1n) is 7.02. The van der Waals surface area contributed by atoms with Gasteiger partial charge in [-0.3, -0.25) is 0 Å². The Labute approximate surface area is 124 Å². The van der Waals surface area contributed by atoms with E-state index in [2.05, 4.69) is 50.4 Å². The van der Waals surface area contributed by atoms with Gasteiger partial charge in [-0.25, -0.2) is 0 Å². The zero-order chi connectivity index (χ0) is 13.7. The van der Waals surface area contributed by atoms with Crippen LogP contribution in [0.4, 0.5) is 0 Å². The molecular formula is C15H23BrN2O. The van der Waals surface area contributed by atoms with Crippen LogP contribution in [0.1, 0.15) is 30.9 Å². The van der Waals surface area contributed by atoms with Crippen LogP contribution in [0, 0.1) is 0 Å². The van der Waals surface area contributed by atoms with Crippen molar-refractivity contribution >= 4 is 15.9 Å². The Morgan fingerprint density at radius 2 is 1.95 bits per heavy atom. The number of rotatable bonds is 5. The first-order chi connectivity index (χ1) is 9.19. The molecule has 4 heteroatoms. The highest BCUT2D eigenvalue weighted by Gasteiger charge is 2.18. The fraction of sp³-hybridized carbons (Fsp3) is 0.600. The molecule has 1 fully saturated rings. The van der Waals surface area contributed by atoms with E-state index in [-0.39, 0.29) is 6.10 Å². The molecule has 1 aliphatic heterocycles. The molecule has 0 aliphatic carbocycles. The van der Waals surface area contributed by atoms with Gasteiger partial charge in [-0.05, 0) is 50.6 Å². The number of piperidine rings is 1. The van der Waals surface area contributed by atoms with Crippen molar-refractivity contribution in [2.24, 2.45) is 0 Å². The summed E-state index contributed by atoms with van der Waals surface area (Å²) in [5.41, 5.74) is 1.34. The third-order valence-corrected chi connectivity index (χ3v) is 4.44. The van der Waals surface area contributed by atoms with Gasteiger partial charge in [-0.1, -0.05) is 28.1 Å². The smallest absolute Gasteiger partial charge is 0.0564 e. The third kappa shape index (κ3) is 4.56. The fourth-order valence-electron chi connectivity index (χ4n) is 2.63. The van der Waals surface area contributed by atoms with E-state index in [0.717, 1.165) is 43.4 Å². The van der Waals surface area contributed by atoms with Crippen LogP contribution in [-0.2, 0) is 0 Å². The highest BCUT2D eigenvalue weighted by molar-refractivity contribution is 9.10. The molecule has 0 saturated carbocycles. The minimum absolute atomic E-state index is 0.0807. The molecule has 1 aliphatic rings. The maximum absolute atomic E-state index is 9.51. The monoisotopic (exact) mass is 326 g/mol. The molecule has 1 saturated heterocycles. The molecular weight excluding hydrogens is 304 g/mol. The largest absolute Gasteiger partial charge is 0.393 e. The average Bonchev–Trinajstić information content (AvgIpc) is 2.43. The molecule has 0 spiro atoms. The van der Waals surface area contributed by atoms with E-state index in [1.54, 1.807) is 0 Å². The van der Waals surface area contributed by atoms with Crippen LogP contribution in [0.25, 0.3) is 0 Å². The normalized spacial score (nSPS) is 19.5. The second-order valence-corrected chi connectivity index (χ2v) is 6.17. The Morgan fingerprint density at radius 3 is 2.53 bits per heavy atom. The lowest BCUT2D eigenvalue weighted by Crippen LogP contribution is -2.37. The Bertz CT molecular complexity index is 374. The summed E-state index contributed by atoms with van der Waals surface area (Å²) in [7, 11) is 2.02. The van der Waals surface area contributed by atoms with Crippen molar-refractivity contribution in [3.8, 4) is 0 Å². The van der Waals surface area contributed by atoms with Crippen LogP contribution in [0.3, 0.4) is 0 Å². The number of nitrogens with one attached hydrogen (secondary N) is 1. The minimum atomic E-state index is -0.0807. The number of nitrogens with zero attached hydrogens (tertiary/aromatic N) is 1. The number of aliphatic hydroxyl groups is 1. The number of hydrogen-bond acceptors (Lipinski definition) is 3. The van der Waals surface area contributed by atoms with Crippen LogP contribution >= 0.6 is 15.9 Å². The van der Waals surface area contributed by atoms with Gasteiger partial charge in [-0.2, -0.15) is 0 Å². The fourth-order valence-corrected chi connectivity index (χ4v) is 2.89. The average molecular weight is 327 g/mol. The van der Waals surface area contributed by atoms with Gasteiger partial charge in [0.2, 0.25) is 0 Å². The van der Waals surface area contributed by atoms with Crippen molar-refractivity contribution in [1.29, 1.82) is 0 Å². The van der Waals surface area contributed by atoms with Crippen LogP contribution in [0.15, 0.2) is 28.7 Å². The van der Waals surface area contributed by atoms with Gasteiger partial charge < -0.3 is 15.3 Å². The summed E-state index contributed by atoms with van der Waals surface area (Å²) < 4.78 is 1.12. The molecule has 1 aromatic carbocycles. The molecule has 0 amide bonds. The van der Waals surface area contributed by atoms with Gasteiger partial charge >= 0.3 is 0 Å². The molecule has 1 unspecified atom stereocenters. The summed E-state index contributed by atoms with van der Waals surface area (Å²) in [6, 6.07) is 8.93. The Kier molecular flexibility index (Phi) is 5.82. The van der Waals surface area contributed by atoms with Crippen molar-refractivity contribution in [3.63, 3.8) is 0 Å². The van der Waals surface area contributed by atoms with E-state index in [9.17, 15) is 5.11 Å². The highest BCUT2D eigenvalue weighted by atomic mass is 79.9. The standard InChI is InChI=1S/C15H23BrN2O/c1-17-15(12-2-4-13(16)5-3-12)8-11-18-9-6-14(19)7-10-18/h2-5,14-15,17,19H,6-11H2,1H3. The number of halogens is 1. The number of benzene rings is 1. The Balaban J connectivity index is 1.84. The van der Waals surface area contributed by atoms with Crippen molar-refractivity contribution in [1.82, 2.24) is 10.2 Å². The SMILES string of the molecule is CNC(CCN1CCC(O)CC1)c1ccc(Br)cc1. The van der Waals surface area contributed by atoms with Gasteiger partial charge in [0.1, 0.15) is 0 Å². The van der Waals surface area contributed by atoms with Crippen LogP contribution in [0.5, 0.6) is 0 Å². The van der Waals surface area contributed by atoms with Crippen molar-refractivity contribution in [2.45, 2.75) is 31.4 Å². The van der Waals surface area contributed by atoms with E-state index in [1.165, 1.54) is 5.56 Å². The lowest BCUT2D eigenvalue weighted by atomic mass is 10.0. The summed E-state index contributed by atoms with van der Waals surface area (Å²) in [6.45, 7) is 3.14. The number of hydrogen-bond donors (Lipinski definition) is 2. The van der Waals surface area contributed by atoms with E-state index < -0.39 is 0 Å². The third-order valence-electron chi connectivity index (χ3n) is 3.91. The number of aliphatic hydroxyl groups excluding tert-OH is 1. The molecule has 106 valence electrons. The zero-order valence-corrected chi connectivity index (χ0v) is 13.1. The highest BCUT2D eigenvalue weighted by Crippen LogP contribution is 2.20. The summed E-state index contributed by atoms with van der Waals surface area (Å²) in [4.78, 5) is 2.45. The van der Waals surface area contributed by atoms with Gasteiger partial charge in [0.15, 0.2) is 0 Å². The predicted molar refractivity (Wildman–Crippen MR) is 82.2 cm³/mol. The number of likely N-dealkylation sites (tertiary alicyclic amines) is 1. The van der Waals surface area contributed by atoms with Crippen LogP contribution < -0.4 is 5.32 Å².